The van der Waals surface area contributed by atoms with Crippen LogP contribution in [-0.4, -0.2) is 30.5 Å². The Bertz CT molecular complexity index is 334. The predicted octanol–water partition coefficient (Wildman–Crippen LogP) is 3.40. The van der Waals surface area contributed by atoms with Crippen molar-refractivity contribution in [1.82, 2.24) is 0 Å². The first-order valence-electron chi connectivity index (χ1n) is 3.28. The van der Waals surface area contributed by atoms with Crippen molar-refractivity contribution in [1.29, 1.82) is 0 Å². The van der Waals surface area contributed by atoms with E-state index in [1.165, 1.54) is 0 Å². The molecular weight excluding hydrogens is 278 g/mol. The summed E-state index contributed by atoms with van der Waals surface area (Å²) < 4.78 is 117. The van der Waals surface area contributed by atoms with Crippen LogP contribution in [0.2, 0.25) is 0 Å². The molecular formula is C5F10N2. The Kier molecular flexibility index (Phi) is 4.13. The summed E-state index contributed by atoms with van der Waals surface area (Å²) in [5.41, 5.74) is 0. The highest BCUT2D eigenvalue weighted by Crippen LogP contribution is 2.38. The first-order chi connectivity index (χ1) is 7.29. The second-order valence-corrected chi connectivity index (χ2v) is 2.34. The van der Waals surface area contributed by atoms with Crippen LogP contribution in [0.4, 0.5) is 43.9 Å². The van der Waals surface area contributed by atoms with Gasteiger partial charge in [-0.15, -0.1) is 13.2 Å². The van der Waals surface area contributed by atoms with Gasteiger partial charge in [0.25, 0.3) is 5.97 Å². The van der Waals surface area contributed by atoms with E-state index < -0.39 is 30.5 Å². The molecule has 0 saturated carbocycles. The zero-order valence-corrected chi connectivity index (χ0v) is 7.17. The second-order valence-electron chi connectivity index (χ2n) is 2.34. The van der Waals surface area contributed by atoms with Crippen LogP contribution in [0.1, 0.15) is 0 Å². The Morgan fingerprint density at radius 2 is 1.12 bits per heavy atom. The third-order valence-electron chi connectivity index (χ3n) is 1.11. The summed E-state index contributed by atoms with van der Waals surface area (Å²) in [6, 6.07) is 0. The summed E-state index contributed by atoms with van der Waals surface area (Å²) in [6.45, 7) is 0. The summed E-state index contributed by atoms with van der Waals surface area (Å²) in [7, 11) is 0. The fraction of sp³-hybridized carbons (Fsp3) is 0.600. The average molecular weight is 278 g/mol. The average Bonchev–Trinajstić information content (AvgIpc) is 1.96. The van der Waals surface area contributed by atoms with E-state index in [0.717, 1.165) is 4.99 Å². The van der Waals surface area contributed by atoms with Crippen molar-refractivity contribution in [2.75, 3.05) is 0 Å². The minimum atomic E-state index is -6.46. The molecule has 0 saturated heterocycles. The Labute approximate surface area is 85.6 Å². The molecule has 0 heterocycles. The largest absolute Gasteiger partial charge is 0.505 e. The third kappa shape index (κ3) is 4.19. The third-order valence-corrected chi connectivity index (χ3v) is 1.11. The smallest absolute Gasteiger partial charge is 0.197 e. The van der Waals surface area contributed by atoms with Crippen molar-refractivity contribution in [2.45, 2.75) is 18.3 Å². The number of alkyl halides is 7. The molecule has 0 amide bonds. The molecule has 0 rings (SSSR count). The molecule has 0 aliphatic carbocycles. The van der Waals surface area contributed by atoms with Crippen LogP contribution in [0.3, 0.4) is 0 Å². The van der Waals surface area contributed by atoms with Gasteiger partial charge < -0.3 is 0 Å². The zero-order chi connectivity index (χ0) is 14.1. The highest BCUT2D eigenvalue weighted by Gasteiger charge is 2.63. The number of rotatable bonds is 2. The summed E-state index contributed by atoms with van der Waals surface area (Å²) in [4.78, 5) is 1.57. The van der Waals surface area contributed by atoms with Crippen LogP contribution in [0.5, 0.6) is 0 Å². The zero-order valence-electron chi connectivity index (χ0n) is 7.17. The highest BCUT2D eigenvalue weighted by molar-refractivity contribution is 5.87. The maximum absolute atomic E-state index is 12.7. The van der Waals surface area contributed by atoms with Crippen molar-refractivity contribution in [2.24, 2.45) is 9.98 Å². The van der Waals surface area contributed by atoms with Gasteiger partial charge >= 0.3 is 24.5 Å². The van der Waals surface area contributed by atoms with Crippen LogP contribution in [-0.2, 0) is 0 Å². The number of hydrogen-bond acceptors (Lipinski definition) is 2. The van der Waals surface area contributed by atoms with E-state index in [1.54, 1.807) is 0 Å². The van der Waals surface area contributed by atoms with Gasteiger partial charge in [0.2, 0.25) is 0 Å². The quantitative estimate of drug-likeness (QED) is 0.420. The lowest BCUT2D eigenvalue weighted by atomic mass is 10.2. The summed E-state index contributed by atoms with van der Waals surface area (Å²) in [5, 5.41) is 0. The van der Waals surface area contributed by atoms with Gasteiger partial charge in [-0.3, -0.25) is 0 Å². The first kappa shape index (κ1) is 15.6. The standard InChI is InChI=1S/C5F10N2/c6-1(16-5(13,14)15)3(9,4(10,11)12)17-2(7)8/b16-1-. The van der Waals surface area contributed by atoms with Crippen molar-refractivity contribution >= 4 is 12.2 Å². The highest BCUT2D eigenvalue weighted by atomic mass is 19.4. The van der Waals surface area contributed by atoms with Gasteiger partial charge in [-0.25, -0.2) is 0 Å². The number of hydrogen-bond donors (Lipinski definition) is 0. The van der Waals surface area contributed by atoms with Gasteiger partial charge in [0.1, 0.15) is 0 Å². The molecule has 2 nitrogen and oxygen atoms in total. The van der Waals surface area contributed by atoms with E-state index in [1.807, 2.05) is 0 Å². The summed E-state index contributed by atoms with van der Waals surface area (Å²) >= 11 is 0. The molecule has 17 heavy (non-hydrogen) atoms. The summed E-state index contributed by atoms with van der Waals surface area (Å²) in [5.74, 6) is -9.66. The Morgan fingerprint density at radius 3 is 1.35 bits per heavy atom. The van der Waals surface area contributed by atoms with E-state index in [9.17, 15) is 43.9 Å². The molecule has 0 aromatic carbocycles. The molecule has 100 valence electrons. The van der Waals surface area contributed by atoms with Gasteiger partial charge in [-0.05, 0) is 0 Å². The molecule has 0 aromatic heterocycles. The predicted molar refractivity (Wildman–Crippen MR) is 34.1 cm³/mol. The molecule has 0 N–H and O–H groups in total. The molecule has 12 heteroatoms. The lowest BCUT2D eigenvalue weighted by molar-refractivity contribution is -0.205. The fourth-order valence-corrected chi connectivity index (χ4v) is 0.528. The van der Waals surface area contributed by atoms with E-state index >= 15 is 0 Å². The maximum atomic E-state index is 12.7. The Hall–Kier alpha value is -1.36. The molecule has 0 aromatic rings. The van der Waals surface area contributed by atoms with Crippen molar-refractivity contribution in [3.8, 4) is 0 Å². The topological polar surface area (TPSA) is 24.7 Å². The van der Waals surface area contributed by atoms with E-state index in [-0.39, 0.29) is 0 Å². The van der Waals surface area contributed by atoms with Gasteiger partial charge in [0.15, 0.2) is 0 Å². The number of aliphatic imine (C=N–C) groups is 2. The van der Waals surface area contributed by atoms with Gasteiger partial charge in [-0.1, -0.05) is 0 Å². The summed E-state index contributed by atoms with van der Waals surface area (Å²) in [6.07, 6.45) is -16.0. The van der Waals surface area contributed by atoms with Crippen molar-refractivity contribution in [3.05, 3.63) is 0 Å². The minimum absolute atomic E-state index is 0.715. The Balaban J connectivity index is 5.68. The molecule has 0 spiro atoms. The first-order valence-corrected chi connectivity index (χ1v) is 3.28. The SMILES string of the molecule is FC(F)=NC(F)(/C(F)=N/C(F)(F)F)C(F)(F)F. The number of halogens is 10. The minimum Gasteiger partial charge on any atom is -0.197 e. The van der Waals surface area contributed by atoms with Gasteiger partial charge in [0.05, 0.1) is 0 Å². The van der Waals surface area contributed by atoms with Crippen LogP contribution in [0.25, 0.3) is 0 Å². The van der Waals surface area contributed by atoms with Gasteiger partial charge in [-0.2, -0.15) is 40.7 Å². The van der Waals surface area contributed by atoms with Crippen LogP contribution in [0, 0.1) is 0 Å². The molecule has 1 unspecified atom stereocenters. The molecule has 1 atom stereocenters. The van der Waals surface area contributed by atoms with E-state index in [4.69, 9.17) is 0 Å². The van der Waals surface area contributed by atoms with Crippen LogP contribution in [0.15, 0.2) is 9.98 Å². The monoisotopic (exact) mass is 278 g/mol. The molecule has 0 aliphatic heterocycles. The molecule has 0 fully saturated rings. The van der Waals surface area contributed by atoms with E-state index in [0.29, 0.717) is 4.99 Å². The van der Waals surface area contributed by atoms with E-state index in [2.05, 4.69) is 0 Å². The maximum Gasteiger partial charge on any atom is 0.505 e. The molecule has 0 aliphatic rings. The Morgan fingerprint density at radius 1 is 0.706 bits per heavy atom. The normalized spacial score (nSPS) is 17.6. The van der Waals surface area contributed by atoms with Crippen LogP contribution >= 0.6 is 0 Å². The lowest BCUT2D eigenvalue weighted by Gasteiger charge is -2.20. The lowest BCUT2D eigenvalue weighted by Crippen LogP contribution is -2.46. The van der Waals surface area contributed by atoms with Crippen molar-refractivity contribution in [3.63, 3.8) is 0 Å². The molecule has 0 bridgehead atoms. The van der Waals surface area contributed by atoms with Crippen LogP contribution < -0.4 is 0 Å². The van der Waals surface area contributed by atoms with Gasteiger partial charge in [0, 0.05) is 0 Å². The fourth-order valence-electron chi connectivity index (χ4n) is 0.528. The van der Waals surface area contributed by atoms with Crippen molar-refractivity contribution < 1.29 is 43.9 Å². The molecule has 0 radical (unpaired) electrons. The number of nitrogens with zero attached hydrogens (tertiary/aromatic N) is 2. The second kappa shape index (κ2) is 4.49.